The zero-order valence-corrected chi connectivity index (χ0v) is 22.3. The second-order valence-corrected chi connectivity index (χ2v) is 14.3. The lowest BCUT2D eigenvalue weighted by Crippen LogP contribution is -2.73. The average molecular weight is 614 g/mol. The highest BCUT2D eigenvalue weighted by Gasteiger charge is 2.70. The molecule has 2 aliphatic rings. The summed E-state index contributed by atoms with van der Waals surface area (Å²) in [5, 5.41) is -1.33. The molecule has 0 radical (unpaired) electrons. The van der Waals surface area contributed by atoms with E-state index in [1.165, 1.54) is 13.8 Å². The molecule has 2 heterocycles. The lowest BCUT2D eigenvalue weighted by molar-refractivity contribution is -0.166. The van der Waals surface area contributed by atoms with Crippen LogP contribution >= 0.6 is 46.6 Å². The predicted octanol–water partition coefficient (Wildman–Crippen LogP) is 3.82. The number of carbonyl (C=O) groups is 3. The molecule has 0 aromatic heterocycles. The Balaban J connectivity index is 1.87. The molecule has 0 aliphatic carbocycles. The van der Waals surface area contributed by atoms with Crippen molar-refractivity contribution in [3.05, 3.63) is 35.9 Å². The first-order valence-electron chi connectivity index (χ1n) is 9.93. The molecule has 2 saturated heterocycles. The van der Waals surface area contributed by atoms with Gasteiger partial charge in [-0.2, -0.15) is 25.9 Å². The molecular weight excluding hydrogens is 596 g/mol. The van der Waals surface area contributed by atoms with E-state index in [0.29, 0.717) is 5.56 Å². The predicted molar refractivity (Wildman–Crippen MR) is 125 cm³/mol. The molecule has 17 heteroatoms. The number of nitrogens with zero attached hydrogens (tertiary/aromatic N) is 2. The van der Waals surface area contributed by atoms with Crippen LogP contribution in [0.25, 0.3) is 0 Å². The Bertz CT molecular complexity index is 1150. The van der Waals surface area contributed by atoms with Crippen LogP contribution in [0.15, 0.2) is 30.3 Å². The van der Waals surface area contributed by atoms with Crippen LogP contribution in [-0.2, 0) is 35.7 Å². The zero-order valence-electron chi connectivity index (χ0n) is 18.4. The number of hydrogen-bond acceptors (Lipinski definition) is 8. The number of benzene rings is 1. The van der Waals surface area contributed by atoms with Crippen molar-refractivity contribution >= 4 is 74.6 Å². The summed E-state index contributed by atoms with van der Waals surface area (Å²) in [7, 11) is -6.41. The van der Waals surface area contributed by atoms with Gasteiger partial charge in [0.2, 0.25) is 3.79 Å². The number of halogens is 6. The van der Waals surface area contributed by atoms with Gasteiger partial charge in [-0.15, -0.1) is 11.8 Å². The van der Waals surface area contributed by atoms with Gasteiger partial charge in [0.1, 0.15) is 24.6 Å². The molecule has 2 aliphatic heterocycles. The van der Waals surface area contributed by atoms with Crippen molar-refractivity contribution in [3.63, 3.8) is 0 Å². The lowest BCUT2D eigenvalue weighted by atomic mass is 9.96. The number of alkyl halides is 6. The van der Waals surface area contributed by atoms with Crippen molar-refractivity contribution in [2.45, 2.75) is 52.0 Å². The standard InChI is InChI=1S/C19H18Cl3F3N2O7S2/c1-17(2)12(15(29)33-8-10-6-4-3-5-7-10)26-13(28)11(14(26)35-17)27(36(31,32)19(23,24)25)16(30)34-9-18(20,21)22/h3-7,11-12,14H,8-9H2,1-2H3/t11-,12+,14-/m1/s1. The fourth-order valence-electron chi connectivity index (χ4n) is 3.68. The Morgan fingerprint density at radius 2 is 1.72 bits per heavy atom. The molecule has 9 nitrogen and oxygen atoms in total. The van der Waals surface area contributed by atoms with E-state index in [0.717, 1.165) is 16.7 Å². The monoisotopic (exact) mass is 612 g/mol. The first-order chi connectivity index (χ1) is 16.4. The third-order valence-electron chi connectivity index (χ3n) is 5.20. The number of ether oxygens (including phenoxy) is 2. The topological polar surface area (TPSA) is 110 Å². The molecule has 0 N–H and O–H groups in total. The van der Waals surface area contributed by atoms with Crippen LogP contribution in [0.3, 0.4) is 0 Å². The molecule has 0 bridgehead atoms. The van der Waals surface area contributed by atoms with Gasteiger partial charge < -0.3 is 14.4 Å². The molecule has 2 fully saturated rings. The molecule has 36 heavy (non-hydrogen) atoms. The van der Waals surface area contributed by atoms with Gasteiger partial charge >= 0.3 is 27.6 Å². The summed E-state index contributed by atoms with van der Waals surface area (Å²) in [6, 6.07) is 5.15. The molecule has 0 spiro atoms. The molecule has 3 rings (SSSR count). The first-order valence-corrected chi connectivity index (χ1v) is 13.4. The molecule has 3 atom stereocenters. The number of thioether (sulfide) groups is 1. The highest BCUT2D eigenvalue weighted by atomic mass is 35.6. The Morgan fingerprint density at radius 3 is 2.25 bits per heavy atom. The number of β-lactam (4-membered cyclic amide) rings is 1. The van der Waals surface area contributed by atoms with E-state index in [1.807, 2.05) is 0 Å². The molecule has 2 amide bonds. The zero-order chi connectivity index (χ0) is 27.3. The van der Waals surface area contributed by atoms with Crippen molar-refractivity contribution in [2.75, 3.05) is 6.61 Å². The summed E-state index contributed by atoms with van der Waals surface area (Å²) in [6.45, 7) is 1.82. The van der Waals surface area contributed by atoms with Gasteiger partial charge in [-0.05, 0) is 19.4 Å². The first kappa shape index (κ1) is 29.0. The van der Waals surface area contributed by atoms with Crippen molar-refractivity contribution in [3.8, 4) is 0 Å². The van der Waals surface area contributed by atoms with Crippen molar-refractivity contribution in [2.24, 2.45) is 0 Å². The van der Waals surface area contributed by atoms with Crippen LogP contribution < -0.4 is 0 Å². The van der Waals surface area contributed by atoms with E-state index in [9.17, 15) is 36.0 Å². The summed E-state index contributed by atoms with van der Waals surface area (Å²) in [5.74, 6) is -2.08. The number of rotatable bonds is 6. The third kappa shape index (κ3) is 5.62. The van der Waals surface area contributed by atoms with Crippen molar-refractivity contribution in [1.29, 1.82) is 0 Å². The second kappa shape index (κ2) is 9.93. The Morgan fingerprint density at radius 1 is 1.14 bits per heavy atom. The lowest BCUT2D eigenvalue weighted by Gasteiger charge is -2.47. The van der Waals surface area contributed by atoms with Gasteiger partial charge in [-0.25, -0.2) is 9.59 Å². The van der Waals surface area contributed by atoms with Gasteiger partial charge in [0.15, 0.2) is 6.04 Å². The van der Waals surface area contributed by atoms with Crippen LogP contribution in [0.5, 0.6) is 0 Å². The molecule has 0 unspecified atom stereocenters. The number of fused-ring (bicyclic) bond motifs is 1. The fraction of sp³-hybridized carbons (Fsp3) is 0.526. The van der Waals surface area contributed by atoms with Gasteiger partial charge in [-0.3, -0.25) is 4.79 Å². The van der Waals surface area contributed by atoms with Crippen molar-refractivity contribution in [1.82, 2.24) is 9.21 Å². The Kier molecular flexibility index (Phi) is 7.99. The maximum Gasteiger partial charge on any atom is 0.516 e. The van der Waals surface area contributed by atoms with Gasteiger partial charge in [0, 0.05) is 4.75 Å². The minimum atomic E-state index is -6.41. The smallest absolute Gasteiger partial charge is 0.459 e. The highest BCUT2D eigenvalue weighted by molar-refractivity contribution is 8.01. The summed E-state index contributed by atoms with van der Waals surface area (Å²) in [5.41, 5.74) is -5.31. The molecular formula is C19H18Cl3F3N2O7S2. The van der Waals surface area contributed by atoms with E-state index in [2.05, 4.69) is 4.74 Å². The minimum Gasteiger partial charge on any atom is -0.459 e. The number of amides is 2. The summed E-state index contributed by atoms with van der Waals surface area (Å²) in [6.07, 6.45) is -2.06. The van der Waals surface area contributed by atoms with E-state index < -0.39 is 70.4 Å². The highest BCUT2D eigenvalue weighted by Crippen LogP contribution is 2.53. The number of sulfonamides is 1. The second-order valence-electron chi connectivity index (χ2n) is 8.21. The normalized spacial score (nSPS) is 23.5. The van der Waals surface area contributed by atoms with Crippen molar-refractivity contribution < 1.29 is 45.4 Å². The van der Waals surface area contributed by atoms with Gasteiger partial charge in [0.05, 0.1) is 0 Å². The van der Waals surface area contributed by atoms with Crippen LogP contribution in [0.1, 0.15) is 19.4 Å². The molecule has 1 aromatic carbocycles. The maximum absolute atomic E-state index is 13.4. The fourth-order valence-corrected chi connectivity index (χ4v) is 6.56. The summed E-state index contributed by atoms with van der Waals surface area (Å²) >= 11 is 17.1. The van der Waals surface area contributed by atoms with E-state index in [1.54, 1.807) is 30.3 Å². The Hall–Kier alpha value is -1.61. The minimum absolute atomic E-state index is 0.134. The van der Waals surface area contributed by atoms with Crippen LogP contribution in [-0.4, -0.2) is 73.7 Å². The van der Waals surface area contributed by atoms with Gasteiger partial charge in [-0.1, -0.05) is 65.1 Å². The van der Waals surface area contributed by atoms with E-state index >= 15 is 0 Å². The third-order valence-corrected chi connectivity index (χ3v) is 8.57. The van der Waals surface area contributed by atoms with Crippen LogP contribution in [0, 0.1) is 0 Å². The van der Waals surface area contributed by atoms with Gasteiger partial charge in [0.25, 0.3) is 5.91 Å². The van der Waals surface area contributed by atoms with Crippen LogP contribution in [0.4, 0.5) is 18.0 Å². The van der Waals surface area contributed by atoms with E-state index in [-0.39, 0.29) is 6.61 Å². The molecule has 200 valence electrons. The molecule has 1 aromatic rings. The average Bonchev–Trinajstić information content (AvgIpc) is 3.00. The largest absolute Gasteiger partial charge is 0.516 e. The maximum atomic E-state index is 13.4. The number of carbonyl (C=O) groups excluding carboxylic acids is 3. The number of hydrogen-bond donors (Lipinski definition) is 0. The van der Waals surface area contributed by atoms with E-state index in [4.69, 9.17) is 39.5 Å². The quantitative estimate of drug-likeness (QED) is 0.271. The Labute approximate surface area is 223 Å². The molecule has 0 saturated carbocycles. The van der Waals surface area contributed by atoms with Crippen LogP contribution in [0.2, 0.25) is 0 Å². The summed E-state index contributed by atoms with van der Waals surface area (Å²) in [4.78, 5) is 39.2. The number of esters is 1. The summed E-state index contributed by atoms with van der Waals surface area (Å²) < 4.78 is 70.4. The SMILES string of the molecule is CC1(C)S[C@@H]2[C@H](N(C(=O)OCC(Cl)(Cl)Cl)S(=O)(=O)C(F)(F)F)C(=O)N2[C@H]1C(=O)OCc1ccccc1.